The van der Waals surface area contributed by atoms with Crippen molar-refractivity contribution in [2.75, 3.05) is 0 Å². The number of rotatable bonds is 3. The van der Waals surface area contributed by atoms with Crippen molar-refractivity contribution in [2.45, 2.75) is 44.4 Å². The highest BCUT2D eigenvalue weighted by Crippen LogP contribution is 2.43. The summed E-state index contributed by atoms with van der Waals surface area (Å²) in [6.45, 7) is 2.28. The SMILES string of the molecule is CC1(C(Cl)Cc2ccc(F)cc2)CCCC1. The number of hydrogen-bond donors (Lipinski definition) is 0. The highest BCUT2D eigenvalue weighted by molar-refractivity contribution is 6.21. The summed E-state index contributed by atoms with van der Waals surface area (Å²) in [6, 6.07) is 6.69. The zero-order valence-corrected chi connectivity index (χ0v) is 10.4. The molecule has 1 fully saturated rings. The van der Waals surface area contributed by atoms with Crippen LogP contribution >= 0.6 is 11.6 Å². The molecule has 0 bridgehead atoms. The monoisotopic (exact) mass is 240 g/mol. The fraction of sp³-hybridized carbons (Fsp3) is 0.571. The minimum atomic E-state index is -0.179. The van der Waals surface area contributed by atoms with Crippen molar-refractivity contribution < 1.29 is 4.39 Å². The van der Waals surface area contributed by atoms with Crippen LogP contribution in [0, 0.1) is 11.2 Å². The fourth-order valence-electron chi connectivity index (χ4n) is 2.57. The Labute approximate surface area is 102 Å². The van der Waals surface area contributed by atoms with Crippen molar-refractivity contribution in [2.24, 2.45) is 5.41 Å². The van der Waals surface area contributed by atoms with Crippen LogP contribution in [0.2, 0.25) is 0 Å². The molecule has 2 rings (SSSR count). The van der Waals surface area contributed by atoms with E-state index in [9.17, 15) is 4.39 Å². The zero-order valence-electron chi connectivity index (χ0n) is 9.68. The standard InChI is InChI=1S/C14H18ClF/c1-14(8-2-3-9-14)13(15)10-11-4-6-12(16)7-5-11/h4-7,13H,2-3,8-10H2,1H3. The van der Waals surface area contributed by atoms with Crippen molar-refractivity contribution >= 4 is 11.6 Å². The van der Waals surface area contributed by atoms with E-state index in [0.29, 0.717) is 0 Å². The van der Waals surface area contributed by atoms with Gasteiger partial charge in [-0.3, -0.25) is 0 Å². The molecule has 1 unspecified atom stereocenters. The molecular formula is C14H18ClF. The van der Waals surface area contributed by atoms with Gasteiger partial charge in [-0.2, -0.15) is 0 Å². The Morgan fingerprint density at radius 2 is 1.81 bits per heavy atom. The Balaban J connectivity index is 2.01. The van der Waals surface area contributed by atoms with Crippen molar-refractivity contribution in [1.82, 2.24) is 0 Å². The third kappa shape index (κ3) is 2.57. The van der Waals surface area contributed by atoms with E-state index in [2.05, 4.69) is 6.92 Å². The first-order valence-corrected chi connectivity index (χ1v) is 6.42. The van der Waals surface area contributed by atoms with Gasteiger partial charge in [0.05, 0.1) is 0 Å². The van der Waals surface area contributed by atoms with Crippen molar-refractivity contribution in [1.29, 1.82) is 0 Å². The molecule has 88 valence electrons. The Kier molecular flexibility index (Phi) is 3.53. The lowest BCUT2D eigenvalue weighted by molar-refractivity contribution is 0.316. The minimum absolute atomic E-state index is 0.167. The average molecular weight is 241 g/mol. The quantitative estimate of drug-likeness (QED) is 0.680. The maximum absolute atomic E-state index is 12.8. The van der Waals surface area contributed by atoms with Gasteiger partial charge in [0.2, 0.25) is 0 Å². The predicted octanol–water partition coefficient (Wildman–Crippen LogP) is 4.56. The van der Waals surface area contributed by atoms with Gasteiger partial charge in [-0.1, -0.05) is 31.9 Å². The second-order valence-corrected chi connectivity index (χ2v) is 5.69. The van der Waals surface area contributed by atoms with Gasteiger partial charge in [-0.25, -0.2) is 4.39 Å². The summed E-state index contributed by atoms with van der Waals surface area (Å²) in [5, 5.41) is 0.167. The Morgan fingerprint density at radius 1 is 1.25 bits per heavy atom. The van der Waals surface area contributed by atoms with Gasteiger partial charge in [0.1, 0.15) is 5.82 Å². The molecule has 0 N–H and O–H groups in total. The van der Waals surface area contributed by atoms with Gasteiger partial charge in [0.25, 0.3) is 0 Å². The Hall–Kier alpha value is -0.560. The van der Waals surface area contributed by atoms with Crippen LogP contribution in [-0.4, -0.2) is 5.38 Å². The van der Waals surface area contributed by atoms with Crippen LogP contribution in [0.15, 0.2) is 24.3 Å². The smallest absolute Gasteiger partial charge is 0.123 e. The summed E-state index contributed by atoms with van der Waals surface area (Å²) in [7, 11) is 0. The van der Waals surface area contributed by atoms with Gasteiger partial charge in [0.15, 0.2) is 0 Å². The molecular weight excluding hydrogens is 223 g/mol. The maximum Gasteiger partial charge on any atom is 0.123 e. The van der Waals surface area contributed by atoms with E-state index in [-0.39, 0.29) is 16.6 Å². The van der Waals surface area contributed by atoms with E-state index in [1.165, 1.54) is 37.8 Å². The molecule has 0 saturated heterocycles. The van der Waals surface area contributed by atoms with E-state index in [1.807, 2.05) is 12.1 Å². The molecule has 1 aliphatic rings. The first-order valence-electron chi connectivity index (χ1n) is 5.99. The zero-order chi connectivity index (χ0) is 11.6. The number of halogens is 2. The van der Waals surface area contributed by atoms with Gasteiger partial charge in [-0.15, -0.1) is 11.6 Å². The summed E-state index contributed by atoms with van der Waals surface area (Å²) in [5.41, 5.74) is 1.41. The van der Waals surface area contributed by atoms with Gasteiger partial charge < -0.3 is 0 Å². The average Bonchev–Trinajstić information content (AvgIpc) is 2.70. The third-order valence-electron chi connectivity index (χ3n) is 3.83. The molecule has 1 atom stereocenters. The number of hydrogen-bond acceptors (Lipinski definition) is 0. The maximum atomic E-state index is 12.8. The summed E-state index contributed by atoms with van der Waals surface area (Å²) >= 11 is 6.51. The molecule has 0 spiro atoms. The molecule has 0 aromatic heterocycles. The van der Waals surface area contributed by atoms with E-state index in [4.69, 9.17) is 11.6 Å². The lowest BCUT2D eigenvalue weighted by atomic mass is 9.82. The van der Waals surface area contributed by atoms with Crippen LogP contribution in [0.25, 0.3) is 0 Å². The summed E-state index contributed by atoms with van der Waals surface area (Å²) in [6.07, 6.45) is 5.88. The van der Waals surface area contributed by atoms with Crippen LogP contribution in [0.4, 0.5) is 4.39 Å². The molecule has 0 aliphatic heterocycles. The Morgan fingerprint density at radius 3 is 2.38 bits per heavy atom. The molecule has 16 heavy (non-hydrogen) atoms. The van der Waals surface area contributed by atoms with Crippen LogP contribution in [0.1, 0.15) is 38.2 Å². The molecule has 0 amide bonds. The molecule has 0 heterocycles. The summed E-state index contributed by atoms with van der Waals surface area (Å²) < 4.78 is 12.8. The number of benzene rings is 1. The van der Waals surface area contributed by atoms with Crippen LogP contribution in [0.3, 0.4) is 0 Å². The lowest BCUT2D eigenvalue weighted by Gasteiger charge is -2.29. The van der Waals surface area contributed by atoms with Crippen molar-refractivity contribution in [3.8, 4) is 0 Å². The second-order valence-electron chi connectivity index (χ2n) is 5.16. The summed E-state index contributed by atoms with van der Waals surface area (Å²) in [4.78, 5) is 0. The molecule has 1 saturated carbocycles. The normalized spacial score (nSPS) is 20.9. The lowest BCUT2D eigenvalue weighted by Crippen LogP contribution is -2.26. The minimum Gasteiger partial charge on any atom is -0.207 e. The van der Waals surface area contributed by atoms with Crippen LogP contribution < -0.4 is 0 Å². The van der Waals surface area contributed by atoms with Gasteiger partial charge in [-0.05, 0) is 42.4 Å². The predicted molar refractivity (Wildman–Crippen MR) is 66.3 cm³/mol. The third-order valence-corrected chi connectivity index (χ3v) is 4.51. The molecule has 1 aliphatic carbocycles. The molecule has 1 aromatic carbocycles. The van der Waals surface area contributed by atoms with Gasteiger partial charge >= 0.3 is 0 Å². The molecule has 0 radical (unpaired) electrons. The van der Waals surface area contributed by atoms with E-state index in [0.717, 1.165) is 12.0 Å². The topological polar surface area (TPSA) is 0 Å². The van der Waals surface area contributed by atoms with Crippen molar-refractivity contribution in [3.63, 3.8) is 0 Å². The summed E-state index contributed by atoms with van der Waals surface area (Å²) in [5.74, 6) is -0.179. The van der Waals surface area contributed by atoms with Crippen molar-refractivity contribution in [3.05, 3.63) is 35.6 Å². The second kappa shape index (κ2) is 4.75. The highest BCUT2D eigenvalue weighted by atomic mass is 35.5. The highest BCUT2D eigenvalue weighted by Gasteiger charge is 2.35. The Bertz CT molecular complexity index is 338. The van der Waals surface area contributed by atoms with E-state index in [1.54, 1.807) is 0 Å². The van der Waals surface area contributed by atoms with Gasteiger partial charge in [0, 0.05) is 5.38 Å². The first-order chi connectivity index (χ1) is 7.60. The van der Waals surface area contributed by atoms with E-state index < -0.39 is 0 Å². The van der Waals surface area contributed by atoms with Crippen LogP contribution in [0.5, 0.6) is 0 Å². The molecule has 2 heteroatoms. The largest absolute Gasteiger partial charge is 0.207 e. The van der Waals surface area contributed by atoms with Crippen LogP contribution in [-0.2, 0) is 6.42 Å². The molecule has 1 aromatic rings. The number of alkyl halides is 1. The fourth-order valence-corrected chi connectivity index (χ4v) is 2.97. The first kappa shape index (κ1) is 11.9. The van der Waals surface area contributed by atoms with E-state index >= 15 is 0 Å². The molecule has 0 nitrogen and oxygen atoms in total.